The molecular weight excluding hydrogens is 611 g/mol. The van der Waals surface area contributed by atoms with E-state index in [-0.39, 0.29) is 0 Å². The van der Waals surface area contributed by atoms with Gasteiger partial charge in [-0.3, -0.25) is 4.98 Å². The SMILES string of the molecule is CC1(C)c2c(-c3ccccn3)c3c(c(-c4ncccn4)c2-n2c4ccccc4c4cccc1c42)C(C)(C)c1cccc2c4ccccc4n-3c12. The minimum Gasteiger partial charge on any atom is -0.308 e. The molecule has 0 atom stereocenters. The van der Waals surface area contributed by atoms with Gasteiger partial charge in [-0.1, -0.05) is 107 Å². The van der Waals surface area contributed by atoms with Crippen molar-refractivity contribution in [3.8, 4) is 34.0 Å². The molecule has 0 aliphatic carbocycles. The van der Waals surface area contributed by atoms with E-state index in [9.17, 15) is 0 Å². The van der Waals surface area contributed by atoms with E-state index in [1.807, 2.05) is 30.7 Å². The molecule has 238 valence electrons. The van der Waals surface area contributed by atoms with Crippen LogP contribution in [0.2, 0.25) is 0 Å². The van der Waals surface area contributed by atoms with Crippen LogP contribution in [0, 0.1) is 0 Å². The Bertz CT molecular complexity index is 2710. The van der Waals surface area contributed by atoms with Crippen LogP contribution < -0.4 is 0 Å². The highest BCUT2D eigenvalue weighted by Crippen LogP contribution is 2.60. The van der Waals surface area contributed by atoms with E-state index >= 15 is 0 Å². The Hall–Kier alpha value is -6.07. The second-order valence-corrected chi connectivity index (χ2v) is 14.8. The molecule has 6 heterocycles. The molecule has 2 aliphatic rings. The van der Waals surface area contributed by atoms with Crippen LogP contribution in [0.5, 0.6) is 0 Å². The molecule has 2 aliphatic heterocycles. The lowest BCUT2D eigenvalue weighted by Gasteiger charge is -2.43. The van der Waals surface area contributed by atoms with E-state index < -0.39 is 10.8 Å². The fourth-order valence-corrected chi connectivity index (χ4v) is 9.57. The quantitative estimate of drug-likeness (QED) is 0.188. The average molecular weight is 644 g/mol. The molecule has 5 aromatic carbocycles. The standard InChI is InChI=1S/C45H33N5/c1-44(2)30-18-11-17-29-27-15-6-8-22-34(27)50(40(29)30)42-36(43-47-24-13-25-48-43)38-41(35(37(42)44)32-20-9-10-23-46-32)49-33-21-7-5-14-26(33)28-16-12-19-31(39(28)49)45(38,3)4/h5-25H,1-4H3. The molecular formula is C45H33N5. The van der Waals surface area contributed by atoms with E-state index in [0.29, 0.717) is 0 Å². The average Bonchev–Trinajstić information content (AvgIpc) is 3.67. The third kappa shape index (κ3) is 3.21. The molecule has 5 nitrogen and oxygen atoms in total. The minimum absolute atomic E-state index is 0.409. The zero-order valence-electron chi connectivity index (χ0n) is 28.4. The molecule has 0 saturated carbocycles. The Balaban J connectivity index is 1.50. The molecule has 0 radical (unpaired) electrons. The summed E-state index contributed by atoms with van der Waals surface area (Å²) >= 11 is 0. The molecule has 0 N–H and O–H groups in total. The van der Waals surface area contributed by atoms with Crippen LogP contribution in [0.3, 0.4) is 0 Å². The van der Waals surface area contributed by atoms with Gasteiger partial charge in [-0.25, -0.2) is 9.97 Å². The van der Waals surface area contributed by atoms with E-state index in [1.165, 1.54) is 71.6 Å². The van der Waals surface area contributed by atoms with E-state index in [0.717, 1.165) is 28.3 Å². The Morgan fingerprint density at radius 1 is 0.440 bits per heavy atom. The maximum Gasteiger partial charge on any atom is 0.161 e. The highest BCUT2D eigenvalue weighted by Gasteiger charge is 2.47. The van der Waals surface area contributed by atoms with Crippen LogP contribution in [0.25, 0.3) is 77.6 Å². The largest absolute Gasteiger partial charge is 0.308 e. The molecule has 9 aromatic rings. The van der Waals surface area contributed by atoms with Gasteiger partial charge >= 0.3 is 0 Å². The van der Waals surface area contributed by atoms with E-state index in [2.05, 4.69) is 134 Å². The number of para-hydroxylation sites is 4. The van der Waals surface area contributed by atoms with E-state index in [4.69, 9.17) is 15.0 Å². The molecule has 11 rings (SSSR count). The first-order chi connectivity index (χ1) is 24.4. The van der Waals surface area contributed by atoms with Crippen LogP contribution in [0.4, 0.5) is 0 Å². The number of hydrogen-bond acceptors (Lipinski definition) is 3. The van der Waals surface area contributed by atoms with Crippen molar-refractivity contribution in [1.82, 2.24) is 24.1 Å². The third-order valence-corrected chi connectivity index (χ3v) is 11.6. The van der Waals surface area contributed by atoms with Gasteiger partial charge in [0.2, 0.25) is 0 Å². The van der Waals surface area contributed by atoms with Crippen molar-refractivity contribution in [1.29, 1.82) is 0 Å². The van der Waals surface area contributed by atoms with Crippen LogP contribution in [-0.2, 0) is 10.8 Å². The fraction of sp³-hybridized carbons (Fsp3) is 0.133. The molecule has 50 heavy (non-hydrogen) atoms. The van der Waals surface area contributed by atoms with Crippen LogP contribution >= 0.6 is 0 Å². The summed E-state index contributed by atoms with van der Waals surface area (Å²) < 4.78 is 5.07. The predicted molar refractivity (Wildman–Crippen MR) is 204 cm³/mol. The summed E-state index contributed by atoms with van der Waals surface area (Å²) in [4.78, 5) is 15.3. The van der Waals surface area contributed by atoms with Crippen molar-refractivity contribution in [3.05, 3.63) is 150 Å². The Morgan fingerprint density at radius 3 is 1.48 bits per heavy atom. The number of fused-ring (bicyclic) bond motifs is 10. The van der Waals surface area contributed by atoms with Gasteiger partial charge in [0.05, 0.1) is 39.1 Å². The molecule has 0 fully saturated rings. The summed E-state index contributed by atoms with van der Waals surface area (Å²) in [6.45, 7) is 9.55. The van der Waals surface area contributed by atoms with E-state index in [1.54, 1.807) is 0 Å². The Morgan fingerprint density at radius 2 is 0.920 bits per heavy atom. The number of nitrogens with zero attached hydrogens (tertiary/aromatic N) is 5. The lowest BCUT2D eigenvalue weighted by atomic mass is 9.65. The van der Waals surface area contributed by atoms with Crippen LogP contribution in [0.15, 0.2) is 128 Å². The van der Waals surface area contributed by atoms with Gasteiger partial charge in [-0.2, -0.15) is 0 Å². The number of pyridine rings is 1. The first-order valence-electron chi connectivity index (χ1n) is 17.4. The summed E-state index contributed by atoms with van der Waals surface area (Å²) in [6.07, 6.45) is 5.69. The highest BCUT2D eigenvalue weighted by atomic mass is 15.1. The summed E-state index contributed by atoms with van der Waals surface area (Å²) in [5.41, 5.74) is 14.6. The number of rotatable bonds is 2. The third-order valence-electron chi connectivity index (χ3n) is 11.6. The van der Waals surface area contributed by atoms with Gasteiger partial charge in [0, 0.05) is 67.7 Å². The normalized spacial score (nSPS) is 15.1. The molecule has 4 aromatic heterocycles. The zero-order chi connectivity index (χ0) is 33.5. The maximum atomic E-state index is 5.17. The van der Waals surface area contributed by atoms with Crippen molar-refractivity contribution in [2.24, 2.45) is 0 Å². The second kappa shape index (κ2) is 9.33. The van der Waals surface area contributed by atoms with Gasteiger partial charge in [-0.15, -0.1) is 0 Å². The summed E-state index contributed by atoms with van der Waals surface area (Å²) in [6, 6.07) is 39.6. The topological polar surface area (TPSA) is 48.5 Å². The number of hydrogen-bond donors (Lipinski definition) is 0. The monoisotopic (exact) mass is 643 g/mol. The van der Waals surface area contributed by atoms with Crippen molar-refractivity contribution >= 4 is 43.6 Å². The summed E-state index contributed by atoms with van der Waals surface area (Å²) in [7, 11) is 0. The van der Waals surface area contributed by atoms with Gasteiger partial charge < -0.3 is 9.13 Å². The first-order valence-corrected chi connectivity index (χ1v) is 17.4. The Labute approximate surface area is 289 Å². The summed E-state index contributed by atoms with van der Waals surface area (Å²) in [5, 5.41) is 5.02. The lowest BCUT2D eigenvalue weighted by molar-refractivity contribution is 0.613. The van der Waals surface area contributed by atoms with Crippen molar-refractivity contribution in [3.63, 3.8) is 0 Å². The first kappa shape index (κ1) is 27.8. The zero-order valence-corrected chi connectivity index (χ0v) is 28.4. The van der Waals surface area contributed by atoms with Crippen LogP contribution in [-0.4, -0.2) is 24.1 Å². The number of benzene rings is 5. The van der Waals surface area contributed by atoms with Gasteiger partial charge in [-0.05, 0) is 47.0 Å². The van der Waals surface area contributed by atoms with Crippen LogP contribution in [0.1, 0.15) is 49.9 Å². The summed E-state index contributed by atoms with van der Waals surface area (Å²) in [5.74, 6) is 0.730. The molecule has 0 spiro atoms. The highest BCUT2D eigenvalue weighted by molar-refractivity contribution is 6.16. The minimum atomic E-state index is -0.421. The molecule has 0 unspecified atom stereocenters. The lowest BCUT2D eigenvalue weighted by Crippen LogP contribution is -2.34. The molecule has 0 bridgehead atoms. The van der Waals surface area contributed by atoms with Crippen molar-refractivity contribution in [2.45, 2.75) is 38.5 Å². The van der Waals surface area contributed by atoms with Crippen molar-refractivity contribution in [2.75, 3.05) is 0 Å². The number of aromatic nitrogens is 5. The maximum absolute atomic E-state index is 5.17. The molecule has 0 amide bonds. The van der Waals surface area contributed by atoms with Gasteiger partial charge in [0.15, 0.2) is 5.82 Å². The Kier molecular flexibility index (Phi) is 5.20. The molecule has 5 heteroatoms. The smallest absolute Gasteiger partial charge is 0.161 e. The van der Waals surface area contributed by atoms with Crippen molar-refractivity contribution < 1.29 is 0 Å². The van der Waals surface area contributed by atoms with Gasteiger partial charge in [0.25, 0.3) is 0 Å². The second-order valence-electron chi connectivity index (χ2n) is 14.8. The predicted octanol–water partition coefficient (Wildman–Crippen LogP) is 10.7. The fourth-order valence-electron chi connectivity index (χ4n) is 9.57. The van der Waals surface area contributed by atoms with Gasteiger partial charge in [0.1, 0.15) is 0 Å². The molecule has 0 saturated heterocycles.